The Kier molecular flexibility index (Phi) is 6.48. The lowest BCUT2D eigenvalue weighted by Gasteiger charge is -2.33. The summed E-state index contributed by atoms with van der Waals surface area (Å²) in [7, 11) is -2.39. The number of carbonyl (C=O) groups is 1. The molecule has 1 aliphatic heterocycles. The number of halogens is 1. The molecule has 1 aromatic rings. The molecule has 0 radical (unpaired) electrons. The van der Waals surface area contributed by atoms with Gasteiger partial charge >= 0.3 is 16.2 Å². The molecule has 1 unspecified atom stereocenters. The van der Waals surface area contributed by atoms with E-state index < -0.39 is 16.3 Å². The summed E-state index contributed by atoms with van der Waals surface area (Å²) in [6, 6.07) is 5.09. The molecule has 8 heteroatoms. The lowest BCUT2D eigenvalue weighted by atomic mass is 9.97. The van der Waals surface area contributed by atoms with Crippen LogP contribution in [0.25, 0.3) is 0 Å². The highest BCUT2D eigenvalue weighted by Crippen LogP contribution is 2.34. The van der Waals surface area contributed by atoms with Gasteiger partial charge in [0, 0.05) is 24.2 Å². The molecule has 6 nitrogen and oxygen atoms in total. The van der Waals surface area contributed by atoms with Crippen LogP contribution in [0.4, 0.5) is 0 Å². The Morgan fingerprint density at radius 1 is 1.40 bits per heavy atom. The molecule has 0 amide bonds. The number of rotatable bonds is 6. The maximum Gasteiger partial charge on any atom is 0.305 e. The van der Waals surface area contributed by atoms with Gasteiger partial charge in [0.25, 0.3) is 0 Å². The Morgan fingerprint density at radius 2 is 2.12 bits per heavy atom. The number of methoxy groups -OCH3 is 1. The summed E-state index contributed by atoms with van der Waals surface area (Å²) in [4.78, 5) is 11.2. The van der Waals surface area contributed by atoms with Crippen LogP contribution in [0.15, 0.2) is 30.0 Å². The van der Waals surface area contributed by atoms with Crippen molar-refractivity contribution in [1.82, 2.24) is 9.03 Å². The molecule has 2 rings (SSSR count). The quantitative estimate of drug-likeness (QED) is 0.762. The van der Waals surface area contributed by atoms with Crippen LogP contribution in [0.3, 0.4) is 0 Å². The van der Waals surface area contributed by atoms with Crippen molar-refractivity contribution in [2.24, 2.45) is 0 Å². The van der Waals surface area contributed by atoms with E-state index in [1.54, 1.807) is 6.20 Å². The summed E-state index contributed by atoms with van der Waals surface area (Å²) in [5.74, 6) is -0.355. The van der Waals surface area contributed by atoms with Gasteiger partial charge in [0.15, 0.2) is 0 Å². The molecule has 0 aliphatic carbocycles. The summed E-state index contributed by atoms with van der Waals surface area (Å²) in [6.07, 6.45) is 2.87. The van der Waals surface area contributed by atoms with E-state index in [9.17, 15) is 13.2 Å². The van der Waals surface area contributed by atoms with Gasteiger partial charge in [0.2, 0.25) is 0 Å². The van der Waals surface area contributed by atoms with Gasteiger partial charge in [0.1, 0.15) is 0 Å². The molecule has 0 saturated carbocycles. The Balaban J connectivity index is 2.26. The van der Waals surface area contributed by atoms with E-state index >= 15 is 0 Å². The first-order valence-electron chi connectivity index (χ1n) is 8.11. The van der Waals surface area contributed by atoms with E-state index in [1.165, 1.54) is 11.4 Å². The molecule has 0 bridgehead atoms. The van der Waals surface area contributed by atoms with E-state index in [0.717, 1.165) is 16.7 Å². The number of benzene rings is 1. The third-order valence-corrected chi connectivity index (χ3v) is 5.88. The normalized spacial score (nSPS) is 19.4. The van der Waals surface area contributed by atoms with Crippen molar-refractivity contribution in [2.75, 3.05) is 13.7 Å². The molecule has 1 heterocycles. The average Bonchev–Trinajstić information content (AvgIpc) is 2.55. The van der Waals surface area contributed by atoms with Crippen molar-refractivity contribution in [1.29, 1.82) is 0 Å². The molecule has 1 atom stereocenters. The van der Waals surface area contributed by atoms with E-state index in [2.05, 4.69) is 9.46 Å². The monoisotopic (exact) mass is 386 g/mol. The van der Waals surface area contributed by atoms with Crippen LogP contribution in [-0.4, -0.2) is 32.3 Å². The van der Waals surface area contributed by atoms with Gasteiger partial charge in [-0.1, -0.05) is 30.7 Å². The van der Waals surface area contributed by atoms with Gasteiger partial charge in [-0.15, -0.1) is 0 Å². The van der Waals surface area contributed by atoms with Crippen LogP contribution in [0.2, 0.25) is 5.02 Å². The zero-order chi connectivity index (χ0) is 18.6. The Morgan fingerprint density at radius 3 is 2.72 bits per heavy atom. The Hall–Kier alpha value is -1.57. The number of ether oxygens (including phenoxy) is 1. The van der Waals surface area contributed by atoms with Gasteiger partial charge < -0.3 is 4.74 Å². The van der Waals surface area contributed by atoms with Crippen molar-refractivity contribution in [3.63, 3.8) is 0 Å². The fourth-order valence-electron chi connectivity index (χ4n) is 2.71. The van der Waals surface area contributed by atoms with Gasteiger partial charge in [-0.2, -0.15) is 13.1 Å². The van der Waals surface area contributed by atoms with Crippen molar-refractivity contribution < 1.29 is 17.9 Å². The van der Waals surface area contributed by atoms with Crippen molar-refractivity contribution in [3.05, 3.63) is 46.1 Å². The lowest BCUT2D eigenvalue weighted by molar-refractivity contribution is -0.140. The number of nitrogens with zero attached hydrogens (tertiary/aromatic N) is 1. The summed E-state index contributed by atoms with van der Waals surface area (Å²) >= 11 is 6.32. The summed E-state index contributed by atoms with van der Waals surface area (Å²) < 4.78 is 33.6. The van der Waals surface area contributed by atoms with Crippen LogP contribution < -0.4 is 4.72 Å². The second-order valence-electron chi connectivity index (χ2n) is 5.93. The second kappa shape index (κ2) is 8.21. The predicted octanol–water partition coefficient (Wildman–Crippen LogP) is 3.09. The Labute approximate surface area is 154 Å². The number of esters is 1. The molecule has 1 aromatic carbocycles. The highest BCUT2D eigenvalue weighted by Gasteiger charge is 2.32. The molecule has 1 aliphatic rings. The van der Waals surface area contributed by atoms with Gasteiger partial charge in [-0.25, -0.2) is 0 Å². The largest absolute Gasteiger partial charge is 0.469 e. The van der Waals surface area contributed by atoms with Crippen LogP contribution in [0, 0.1) is 6.92 Å². The van der Waals surface area contributed by atoms with E-state index in [4.69, 9.17) is 11.6 Å². The number of aryl methyl sites for hydroxylation is 1. The van der Waals surface area contributed by atoms with Gasteiger partial charge in [0.05, 0.1) is 13.2 Å². The van der Waals surface area contributed by atoms with Crippen molar-refractivity contribution >= 4 is 27.8 Å². The maximum absolute atomic E-state index is 12.6. The number of nitrogens with one attached hydrogen (secondary N) is 1. The minimum Gasteiger partial charge on any atom is -0.469 e. The SMILES string of the molecule is CCC1=CN(CCCC(=O)OC)S(=O)(=O)NC1c1ccc(C)cc1Cl. The smallest absolute Gasteiger partial charge is 0.305 e. The standard InChI is InChI=1S/C17H23ClN2O4S/c1-4-13-11-20(9-5-6-16(21)24-3)25(22,23)19-17(13)14-8-7-12(2)10-15(14)18/h7-8,10-11,17,19H,4-6,9H2,1-3H3. The minimum atomic E-state index is -3.70. The van der Waals surface area contributed by atoms with E-state index in [1.807, 2.05) is 32.0 Å². The molecule has 0 spiro atoms. The second-order valence-corrected chi connectivity index (χ2v) is 7.99. The molecular formula is C17H23ClN2O4S. The van der Waals surface area contributed by atoms with Gasteiger partial charge in [-0.05, 0) is 42.5 Å². The van der Waals surface area contributed by atoms with E-state index in [0.29, 0.717) is 17.9 Å². The highest BCUT2D eigenvalue weighted by atomic mass is 35.5. The fourth-order valence-corrected chi connectivity index (χ4v) is 4.41. The Bertz CT molecular complexity index is 777. The molecule has 0 saturated heterocycles. The summed E-state index contributed by atoms with van der Waals surface area (Å²) in [6.45, 7) is 4.11. The number of hydrogen-bond acceptors (Lipinski definition) is 4. The average molecular weight is 387 g/mol. The van der Waals surface area contributed by atoms with Crippen molar-refractivity contribution in [3.8, 4) is 0 Å². The third kappa shape index (κ3) is 4.74. The molecule has 138 valence electrons. The highest BCUT2D eigenvalue weighted by molar-refractivity contribution is 7.87. The van der Waals surface area contributed by atoms with Crippen LogP contribution in [0.1, 0.15) is 43.4 Å². The first-order valence-corrected chi connectivity index (χ1v) is 9.92. The minimum absolute atomic E-state index is 0.172. The summed E-state index contributed by atoms with van der Waals surface area (Å²) in [5.41, 5.74) is 2.66. The first kappa shape index (κ1) is 19.8. The van der Waals surface area contributed by atoms with Crippen LogP contribution in [0.5, 0.6) is 0 Å². The number of carbonyl (C=O) groups excluding carboxylic acids is 1. The molecule has 1 N–H and O–H groups in total. The van der Waals surface area contributed by atoms with Crippen LogP contribution in [-0.2, 0) is 19.7 Å². The lowest BCUT2D eigenvalue weighted by Crippen LogP contribution is -2.44. The molecule has 0 fully saturated rings. The molecule has 25 heavy (non-hydrogen) atoms. The maximum atomic E-state index is 12.6. The first-order chi connectivity index (χ1) is 11.8. The number of hydrogen-bond donors (Lipinski definition) is 1. The molecule has 0 aromatic heterocycles. The predicted molar refractivity (Wildman–Crippen MR) is 97.3 cm³/mol. The van der Waals surface area contributed by atoms with Gasteiger partial charge in [-0.3, -0.25) is 9.10 Å². The summed E-state index contributed by atoms with van der Waals surface area (Å²) in [5, 5.41) is 0.534. The van der Waals surface area contributed by atoms with Crippen molar-refractivity contribution in [2.45, 2.75) is 39.2 Å². The topological polar surface area (TPSA) is 75.7 Å². The fraction of sp³-hybridized carbons (Fsp3) is 0.471. The zero-order valence-electron chi connectivity index (χ0n) is 14.6. The van der Waals surface area contributed by atoms with E-state index in [-0.39, 0.29) is 18.9 Å². The molecular weight excluding hydrogens is 364 g/mol. The third-order valence-electron chi connectivity index (χ3n) is 4.12. The zero-order valence-corrected chi connectivity index (χ0v) is 16.2. The van der Waals surface area contributed by atoms with Crippen LogP contribution >= 0.6 is 11.6 Å².